The quantitative estimate of drug-likeness (QED) is 0.321. The summed E-state index contributed by atoms with van der Waals surface area (Å²) < 4.78 is 5.56. The second kappa shape index (κ2) is 9.02. The van der Waals surface area contributed by atoms with E-state index in [1.165, 1.54) is 51.9 Å². The van der Waals surface area contributed by atoms with Crippen LogP contribution in [0.25, 0.3) is 0 Å². The van der Waals surface area contributed by atoms with Gasteiger partial charge in [-0.05, 0) is 87.9 Å². The van der Waals surface area contributed by atoms with Crippen LogP contribution in [-0.2, 0) is 9.53 Å². The Kier molecular flexibility index (Phi) is 6.77. The molecule has 3 saturated carbocycles. The molecule has 4 aliphatic carbocycles. The number of rotatable bonds is 8. The van der Waals surface area contributed by atoms with Gasteiger partial charge in [0.2, 0.25) is 0 Å². The molecular formula is C30H46O3. The van der Waals surface area contributed by atoms with Crippen LogP contribution in [0.2, 0.25) is 0 Å². The van der Waals surface area contributed by atoms with Gasteiger partial charge in [0, 0.05) is 24.2 Å². The summed E-state index contributed by atoms with van der Waals surface area (Å²) in [5.74, 6) is 2.89. The minimum absolute atomic E-state index is 0.172. The molecule has 0 aromatic carbocycles. The van der Waals surface area contributed by atoms with E-state index < -0.39 is 5.60 Å². The number of esters is 1. The third-order valence-electron chi connectivity index (χ3n) is 10.2. The van der Waals surface area contributed by atoms with Gasteiger partial charge in [-0.2, -0.15) is 0 Å². The highest BCUT2D eigenvalue weighted by atomic mass is 16.6. The molecule has 3 fully saturated rings. The van der Waals surface area contributed by atoms with Gasteiger partial charge < -0.3 is 9.84 Å². The van der Waals surface area contributed by atoms with Gasteiger partial charge >= 0.3 is 5.97 Å². The Morgan fingerprint density at radius 3 is 2.67 bits per heavy atom. The molecule has 0 bridgehead atoms. The Hall–Kier alpha value is -1.35. The van der Waals surface area contributed by atoms with Crippen LogP contribution in [0.5, 0.6) is 0 Å². The fraction of sp³-hybridized carbons (Fsp3) is 0.767. The van der Waals surface area contributed by atoms with Crippen molar-refractivity contribution in [2.75, 3.05) is 6.61 Å². The van der Waals surface area contributed by atoms with E-state index >= 15 is 0 Å². The van der Waals surface area contributed by atoms with Crippen molar-refractivity contribution < 1.29 is 14.6 Å². The second-order valence-corrected chi connectivity index (χ2v) is 12.5. The van der Waals surface area contributed by atoms with Crippen molar-refractivity contribution in [1.29, 1.82) is 0 Å². The zero-order chi connectivity index (χ0) is 24.0. The highest BCUT2D eigenvalue weighted by Gasteiger charge is 2.58. The molecular weight excluding hydrogens is 408 g/mol. The highest BCUT2D eigenvalue weighted by molar-refractivity contribution is 5.66. The topological polar surface area (TPSA) is 46.5 Å². The van der Waals surface area contributed by atoms with E-state index in [0.717, 1.165) is 5.92 Å². The normalized spacial score (nSPS) is 39.4. The first-order valence-corrected chi connectivity index (χ1v) is 13.4. The molecule has 0 amide bonds. The minimum atomic E-state index is -0.487. The number of hydrogen-bond donors (Lipinski definition) is 1. The van der Waals surface area contributed by atoms with Gasteiger partial charge in [0.1, 0.15) is 5.60 Å². The average Bonchev–Trinajstić information content (AvgIpc) is 3.10. The van der Waals surface area contributed by atoms with Gasteiger partial charge in [0.25, 0.3) is 0 Å². The molecule has 0 aromatic rings. The number of allylic oxidation sites excluding steroid dienone is 4. The van der Waals surface area contributed by atoms with Crippen molar-refractivity contribution in [3.8, 4) is 0 Å². The van der Waals surface area contributed by atoms with Gasteiger partial charge in [-0.15, -0.1) is 0 Å². The number of hydrogen-bond acceptors (Lipinski definition) is 3. The Labute approximate surface area is 201 Å². The van der Waals surface area contributed by atoms with Crippen LogP contribution in [0.3, 0.4) is 0 Å². The third kappa shape index (κ3) is 4.51. The first-order chi connectivity index (χ1) is 15.5. The maximum atomic E-state index is 11.5. The van der Waals surface area contributed by atoms with Gasteiger partial charge in [-0.1, -0.05) is 56.7 Å². The summed E-state index contributed by atoms with van der Waals surface area (Å²) in [5, 5.41) is 10.3. The van der Waals surface area contributed by atoms with Crippen molar-refractivity contribution >= 4 is 5.97 Å². The number of aliphatic hydroxyl groups excluding tert-OH is 1. The van der Waals surface area contributed by atoms with E-state index in [1.54, 1.807) is 5.57 Å². The summed E-state index contributed by atoms with van der Waals surface area (Å²) in [6.45, 7) is 12.8. The molecule has 0 aromatic heterocycles. The molecule has 4 aliphatic rings. The lowest BCUT2D eigenvalue weighted by Crippen LogP contribution is -2.36. The number of ether oxygens (including phenoxy) is 1. The van der Waals surface area contributed by atoms with E-state index in [4.69, 9.17) is 4.74 Å². The van der Waals surface area contributed by atoms with Crippen LogP contribution in [0.15, 0.2) is 36.0 Å². The molecule has 0 spiro atoms. The highest BCUT2D eigenvalue weighted by Crippen LogP contribution is 2.65. The van der Waals surface area contributed by atoms with E-state index in [0.29, 0.717) is 29.1 Å². The van der Waals surface area contributed by atoms with Crippen LogP contribution in [-0.4, -0.2) is 23.3 Å². The Morgan fingerprint density at radius 2 is 2.06 bits per heavy atom. The Bertz CT molecular complexity index is 835. The molecule has 3 heteroatoms. The Morgan fingerprint density at radius 1 is 1.30 bits per heavy atom. The molecule has 8 atom stereocenters. The molecule has 0 aliphatic heterocycles. The van der Waals surface area contributed by atoms with Crippen molar-refractivity contribution in [2.45, 2.75) is 92.1 Å². The lowest BCUT2D eigenvalue weighted by atomic mass is 9.60. The monoisotopic (exact) mass is 454 g/mol. The SMILES string of the molecule is CC(=O)OC(C)(C)[C@@H](C)/C=C/[C@@H](C)[C@H]1CC[C@H]2/C(=C/[C@@H](CO)[C@@]34C=CC[C@@H]3C4)CCC[C@]12C. The van der Waals surface area contributed by atoms with Gasteiger partial charge in [0.15, 0.2) is 0 Å². The molecule has 0 heterocycles. The zero-order valence-electron chi connectivity index (χ0n) is 21.8. The summed E-state index contributed by atoms with van der Waals surface area (Å²) in [6, 6.07) is 0. The molecule has 1 N–H and O–H groups in total. The van der Waals surface area contributed by atoms with Crippen LogP contribution >= 0.6 is 0 Å². The van der Waals surface area contributed by atoms with Crippen molar-refractivity contribution in [3.05, 3.63) is 36.0 Å². The Balaban J connectivity index is 1.47. The van der Waals surface area contributed by atoms with Crippen molar-refractivity contribution in [3.63, 3.8) is 0 Å². The molecule has 3 nitrogen and oxygen atoms in total. The van der Waals surface area contributed by atoms with Crippen LogP contribution in [0.4, 0.5) is 0 Å². The van der Waals surface area contributed by atoms with Crippen LogP contribution in [0.1, 0.15) is 86.5 Å². The summed E-state index contributed by atoms with van der Waals surface area (Å²) in [6.07, 6.45) is 20.8. The van der Waals surface area contributed by atoms with Gasteiger partial charge in [0.05, 0.1) is 6.61 Å². The smallest absolute Gasteiger partial charge is 0.303 e. The number of carbonyl (C=O) groups excluding carboxylic acids is 1. The first kappa shape index (κ1) is 24.8. The van der Waals surface area contributed by atoms with Crippen LogP contribution in [0, 0.1) is 46.3 Å². The fourth-order valence-corrected chi connectivity index (χ4v) is 7.85. The van der Waals surface area contributed by atoms with Crippen molar-refractivity contribution in [1.82, 2.24) is 0 Å². The molecule has 4 rings (SSSR count). The largest absolute Gasteiger partial charge is 0.459 e. The van der Waals surface area contributed by atoms with E-state index in [1.807, 2.05) is 13.8 Å². The number of carbonyl (C=O) groups is 1. The summed E-state index contributed by atoms with van der Waals surface area (Å²) in [7, 11) is 0. The fourth-order valence-electron chi connectivity index (χ4n) is 7.85. The lowest BCUT2D eigenvalue weighted by molar-refractivity contribution is -0.156. The van der Waals surface area contributed by atoms with Gasteiger partial charge in [-0.25, -0.2) is 0 Å². The van der Waals surface area contributed by atoms with Crippen molar-refractivity contribution in [2.24, 2.45) is 46.3 Å². The summed E-state index contributed by atoms with van der Waals surface area (Å²) >= 11 is 0. The zero-order valence-corrected chi connectivity index (χ0v) is 21.8. The maximum absolute atomic E-state index is 11.5. The summed E-state index contributed by atoms with van der Waals surface area (Å²) in [4.78, 5) is 11.5. The molecule has 0 saturated heterocycles. The maximum Gasteiger partial charge on any atom is 0.303 e. The van der Waals surface area contributed by atoms with Crippen LogP contribution < -0.4 is 0 Å². The minimum Gasteiger partial charge on any atom is -0.459 e. The molecule has 0 radical (unpaired) electrons. The van der Waals surface area contributed by atoms with E-state index in [2.05, 4.69) is 51.2 Å². The number of fused-ring (bicyclic) bond motifs is 2. The lowest BCUT2D eigenvalue weighted by Gasteiger charge is -2.44. The van der Waals surface area contributed by atoms with Gasteiger partial charge in [-0.3, -0.25) is 4.79 Å². The summed E-state index contributed by atoms with van der Waals surface area (Å²) in [5.41, 5.74) is 1.77. The predicted molar refractivity (Wildman–Crippen MR) is 134 cm³/mol. The molecule has 33 heavy (non-hydrogen) atoms. The number of aliphatic hydroxyl groups is 1. The first-order valence-electron chi connectivity index (χ1n) is 13.4. The second-order valence-electron chi connectivity index (χ2n) is 12.5. The third-order valence-corrected chi connectivity index (χ3v) is 10.2. The molecule has 0 unspecified atom stereocenters. The average molecular weight is 455 g/mol. The van der Waals surface area contributed by atoms with E-state index in [-0.39, 0.29) is 23.9 Å². The molecule has 184 valence electrons. The predicted octanol–water partition coefficient (Wildman–Crippen LogP) is 6.87. The standard InChI is InChI=1S/C30H46O3/c1-20(11-12-21(2)28(4,5)33-22(3)32)26-13-14-27-23(9-7-15-29(26,27)6)17-25(19-31)30-16-8-10-24(30)18-30/h8,11-12,16-17,20-21,24-27,31H,7,9-10,13-15,18-19H2,1-6H3/b12-11+,23-17+/t20-,21+,24-,25+,26-,27+,29-,30-/m1/s1. The van der Waals surface area contributed by atoms with E-state index in [9.17, 15) is 9.90 Å².